The van der Waals surface area contributed by atoms with Gasteiger partial charge in [-0.2, -0.15) is 0 Å². The summed E-state index contributed by atoms with van der Waals surface area (Å²) in [6.45, 7) is 0.825. The molecular weight excluding hydrogens is 186 g/mol. The van der Waals surface area contributed by atoms with E-state index < -0.39 is 0 Å². The molecule has 86 valence electrons. The predicted octanol–water partition coefficient (Wildman–Crippen LogP) is 2.07. The summed E-state index contributed by atoms with van der Waals surface area (Å²) in [5, 5.41) is 13.0. The van der Waals surface area contributed by atoms with Gasteiger partial charge < -0.3 is 10.4 Å². The van der Waals surface area contributed by atoms with Crippen LogP contribution < -0.4 is 5.32 Å². The third-order valence-electron chi connectivity index (χ3n) is 4.98. The first-order valence-corrected chi connectivity index (χ1v) is 6.70. The SMILES string of the molecule is OC1CCC(CC23CCCCC2C3)NC1. The minimum Gasteiger partial charge on any atom is -0.392 e. The molecule has 1 saturated heterocycles. The molecule has 0 bridgehead atoms. The molecular formula is C13H23NO. The Bertz CT molecular complexity index is 235. The number of nitrogens with one attached hydrogen (secondary N) is 1. The van der Waals surface area contributed by atoms with Crippen molar-refractivity contribution in [3.63, 3.8) is 0 Å². The lowest BCUT2D eigenvalue weighted by Crippen LogP contribution is -2.42. The Morgan fingerprint density at radius 2 is 2.13 bits per heavy atom. The van der Waals surface area contributed by atoms with Crippen molar-refractivity contribution in [2.75, 3.05) is 6.54 Å². The van der Waals surface area contributed by atoms with Gasteiger partial charge in [0, 0.05) is 12.6 Å². The standard InChI is InChI=1S/C13H23NO/c15-12-5-4-11(14-9-12)8-13-6-2-1-3-10(13)7-13/h10-12,14-15H,1-9H2. The molecule has 2 N–H and O–H groups in total. The first kappa shape index (κ1) is 10.1. The monoisotopic (exact) mass is 209 g/mol. The summed E-state index contributed by atoms with van der Waals surface area (Å²) in [5.41, 5.74) is 0.748. The second-order valence-corrected chi connectivity index (χ2v) is 6.05. The number of hydrogen-bond donors (Lipinski definition) is 2. The molecule has 1 aliphatic heterocycles. The molecule has 3 aliphatic rings. The Balaban J connectivity index is 1.53. The molecule has 2 aliphatic carbocycles. The lowest BCUT2D eigenvalue weighted by molar-refractivity contribution is 0.115. The minimum atomic E-state index is -0.0832. The van der Waals surface area contributed by atoms with Gasteiger partial charge in [0.25, 0.3) is 0 Å². The van der Waals surface area contributed by atoms with E-state index in [4.69, 9.17) is 0 Å². The average molecular weight is 209 g/mol. The van der Waals surface area contributed by atoms with Crippen molar-refractivity contribution in [2.45, 2.75) is 63.5 Å². The van der Waals surface area contributed by atoms with Gasteiger partial charge in [0.2, 0.25) is 0 Å². The van der Waals surface area contributed by atoms with Crippen LogP contribution in [0.15, 0.2) is 0 Å². The van der Waals surface area contributed by atoms with E-state index in [2.05, 4.69) is 5.32 Å². The highest BCUT2D eigenvalue weighted by Crippen LogP contribution is 2.64. The van der Waals surface area contributed by atoms with Gasteiger partial charge in [-0.15, -0.1) is 0 Å². The van der Waals surface area contributed by atoms with E-state index >= 15 is 0 Å². The van der Waals surface area contributed by atoms with Gasteiger partial charge in [-0.3, -0.25) is 0 Å². The molecule has 15 heavy (non-hydrogen) atoms. The van der Waals surface area contributed by atoms with E-state index in [0.717, 1.165) is 24.3 Å². The lowest BCUT2D eigenvalue weighted by Gasteiger charge is -2.32. The minimum absolute atomic E-state index is 0.0832. The summed E-state index contributed by atoms with van der Waals surface area (Å²) in [4.78, 5) is 0. The van der Waals surface area contributed by atoms with E-state index in [-0.39, 0.29) is 6.10 Å². The summed E-state index contributed by atoms with van der Waals surface area (Å²) >= 11 is 0. The Morgan fingerprint density at radius 3 is 2.87 bits per heavy atom. The maximum absolute atomic E-state index is 9.44. The van der Waals surface area contributed by atoms with Gasteiger partial charge in [0.1, 0.15) is 0 Å². The quantitative estimate of drug-likeness (QED) is 0.729. The van der Waals surface area contributed by atoms with Gasteiger partial charge >= 0.3 is 0 Å². The van der Waals surface area contributed by atoms with Crippen molar-refractivity contribution < 1.29 is 5.11 Å². The zero-order valence-electron chi connectivity index (χ0n) is 9.54. The number of aliphatic hydroxyl groups excluding tert-OH is 1. The van der Waals surface area contributed by atoms with Crippen molar-refractivity contribution in [3.05, 3.63) is 0 Å². The summed E-state index contributed by atoms with van der Waals surface area (Å²) in [7, 11) is 0. The van der Waals surface area contributed by atoms with E-state index in [1.54, 1.807) is 0 Å². The number of hydrogen-bond acceptors (Lipinski definition) is 2. The lowest BCUT2D eigenvalue weighted by atomic mass is 9.82. The van der Waals surface area contributed by atoms with Gasteiger partial charge in [0.05, 0.1) is 6.10 Å². The van der Waals surface area contributed by atoms with Gasteiger partial charge in [-0.1, -0.05) is 12.8 Å². The number of aliphatic hydroxyl groups is 1. The van der Waals surface area contributed by atoms with Crippen LogP contribution in [0.3, 0.4) is 0 Å². The zero-order valence-corrected chi connectivity index (χ0v) is 9.54. The van der Waals surface area contributed by atoms with Crippen molar-refractivity contribution in [3.8, 4) is 0 Å². The smallest absolute Gasteiger partial charge is 0.0665 e. The van der Waals surface area contributed by atoms with Crippen LogP contribution in [0.1, 0.15) is 51.4 Å². The summed E-state index contributed by atoms with van der Waals surface area (Å²) in [5.74, 6) is 1.07. The van der Waals surface area contributed by atoms with E-state index in [1.165, 1.54) is 44.9 Å². The third-order valence-corrected chi connectivity index (χ3v) is 4.98. The fourth-order valence-corrected chi connectivity index (χ4v) is 3.93. The maximum atomic E-state index is 9.44. The van der Waals surface area contributed by atoms with Crippen LogP contribution >= 0.6 is 0 Å². The molecule has 0 amide bonds. The summed E-state index contributed by atoms with van der Waals surface area (Å²) in [6.07, 6.45) is 10.9. The predicted molar refractivity (Wildman–Crippen MR) is 60.7 cm³/mol. The van der Waals surface area contributed by atoms with Crippen molar-refractivity contribution in [1.29, 1.82) is 0 Å². The van der Waals surface area contributed by atoms with Crippen LogP contribution in [-0.2, 0) is 0 Å². The van der Waals surface area contributed by atoms with Gasteiger partial charge in [-0.25, -0.2) is 0 Å². The zero-order chi connectivity index (χ0) is 10.3. The Hall–Kier alpha value is -0.0800. The third kappa shape index (κ3) is 1.94. The fourth-order valence-electron chi connectivity index (χ4n) is 3.93. The molecule has 2 nitrogen and oxygen atoms in total. The second kappa shape index (κ2) is 3.74. The van der Waals surface area contributed by atoms with Crippen LogP contribution in [0.4, 0.5) is 0 Å². The largest absolute Gasteiger partial charge is 0.392 e. The van der Waals surface area contributed by atoms with E-state index in [0.29, 0.717) is 6.04 Å². The summed E-state index contributed by atoms with van der Waals surface area (Å²) < 4.78 is 0. The molecule has 1 heterocycles. The highest BCUT2D eigenvalue weighted by atomic mass is 16.3. The molecule has 0 aromatic heterocycles. The molecule has 4 atom stereocenters. The summed E-state index contributed by atoms with van der Waals surface area (Å²) in [6, 6.07) is 0.705. The molecule has 2 heteroatoms. The van der Waals surface area contributed by atoms with Crippen LogP contribution in [0.25, 0.3) is 0 Å². The first-order chi connectivity index (χ1) is 7.28. The van der Waals surface area contributed by atoms with Gasteiger partial charge in [-0.05, 0) is 49.9 Å². The maximum Gasteiger partial charge on any atom is 0.0665 e. The number of β-amino-alcohol motifs (C(OH)–C–C–N with tert-alkyl or cyclic N) is 1. The van der Waals surface area contributed by atoms with Crippen LogP contribution in [0, 0.1) is 11.3 Å². The molecule has 4 unspecified atom stereocenters. The molecule has 0 spiro atoms. The molecule has 0 radical (unpaired) electrons. The van der Waals surface area contributed by atoms with Crippen LogP contribution in [0.2, 0.25) is 0 Å². The van der Waals surface area contributed by atoms with E-state index in [1.807, 2.05) is 0 Å². The Kier molecular flexibility index (Phi) is 2.52. The van der Waals surface area contributed by atoms with Crippen molar-refractivity contribution in [1.82, 2.24) is 5.32 Å². The molecule has 3 rings (SSSR count). The topological polar surface area (TPSA) is 32.3 Å². The number of piperidine rings is 1. The number of rotatable bonds is 2. The first-order valence-electron chi connectivity index (χ1n) is 6.70. The normalized spacial score (nSPS) is 49.8. The number of fused-ring (bicyclic) bond motifs is 1. The van der Waals surface area contributed by atoms with Gasteiger partial charge in [0.15, 0.2) is 0 Å². The average Bonchev–Trinajstić information content (AvgIpc) is 2.95. The Morgan fingerprint density at radius 1 is 1.20 bits per heavy atom. The second-order valence-electron chi connectivity index (χ2n) is 6.05. The molecule has 2 saturated carbocycles. The van der Waals surface area contributed by atoms with Crippen molar-refractivity contribution in [2.24, 2.45) is 11.3 Å². The molecule has 3 fully saturated rings. The fraction of sp³-hybridized carbons (Fsp3) is 1.00. The molecule has 0 aromatic carbocycles. The van der Waals surface area contributed by atoms with E-state index in [9.17, 15) is 5.11 Å². The Labute approximate surface area is 92.4 Å². The molecule has 0 aromatic rings. The highest BCUT2D eigenvalue weighted by molar-refractivity contribution is 5.06. The highest BCUT2D eigenvalue weighted by Gasteiger charge is 2.54. The van der Waals surface area contributed by atoms with Crippen LogP contribution in [0.5, 0.6) is 0 Å². The van der Waals surface area contributed by atoms with Crippen LogP contribution in [-0.4, -0.2) is 23.8 Å². The van der Waals surface area contributed by atoms with Crippen molar-refractivity contribution >= 4 is 0 Å².